The molecule has 0 aliphatic carbocycles. The SMILES string of the molecule is C[C@H](O)c1nc(N2CCC(CN)CC2)n[nH]1. The number of aliphatic hydroxyl groups excluding tert-OH is 1. The Labute approximate surface area is 94.9 Å². The highest BCUT2D eigenvalue weighted by Crippen LogP contribution is 2.20. The van der Waals surface area contributed by atoms with Crippen LogP contribution in [-0.2, 0) is 0 Å². The van der Waals surface area contributed by atoms with E-state index in [4.69, 9.17) is 5.73 Å². The number of nitrogens with zero attached hydrogens (tertiary/aromatic N) is 3. The van der Waals surface area contributed by atoms with Crippen molar-refractivity contribution in [2.75, 3.05) is 24.5 Å². The van der Waals surface area contributed by atoms with Crippen LogP contribution in [0.15, 0.2) is 0 Å². The van der Waals surface area contributed by atoms with Crippen LogP contribution < -0.4 is 10.6 Å². The van der Waals surface area contributed by atoms with Gasteiger partial charge in [0.25, 0.3) is 0 Å². The number of rotatable bonds is 3. The van der Waals surface area contributed by atoms with Crippen LogP contribution in [0.5, 0.6) is 0 Å². The minimum absolute atomic E-state index is 0.524. The van der Waals surface area contributed by atoms with E-state index in [1.165, 1.54) is 0 Å². The van der Waals surface area contributed by atoms with Crippen LogP contribution in [0.4, 0.5) is 5.95 Å². The van der Waals surface area contributed by atoms with Crippen LogP contribution in [0.25, 0.3) is 0 Å². The van der Waals surface area contributed by atoms with E-state index in [-0.39, 0.29) is 0 Å². The van der Waals surface area contributed by atoms with Gasteiger partial charge in [0.05, 0.1) is 0 Å². The van der Waals surface area contributed by atoms with Crippen LogP contribution in [0.3, 0.4) is 0 Å². The fraction of sp³-hybridized carbons (Fsp3) is 0.800. The van der Waals surface area contributed by atoms with E-state index in [0.717, 1.165) is 32.5 Å². The lowest BCUT2D eigenvalue weighted by Crippen LogP contribution is -2.36. The molecule has 0 bridgehead atoms. The van der Waals surface area contributed by atoms with Gasteiger partial charge in [0.2, 0.25) is 5.95 Å². The van der Waals surface area contributed by atoms with Gasteiger partial charge in [-0.2, -0.15) is 4.98 Å². The Hall–Kier alpha value is -1.14. The predicted octanol–water partition coefficient (Wildman–Crippen LogP) is 0.0331. The Kier molecular flexibility index (Phi) is 3.40. The number of aliphatic hydroxyl groups is 1. The van der Waals surface area contributed by atoms with Gasteiger partial charge < -0.3 is 15.7 Å². The number of nitrogens with two attached hydrogens (primary N) is 1. The molecule has 1 atom stereocenters. The Morgan fingerprint density at radius 2 is 2.25 bits per heavy atom. The average Bonchev–Trinajstić information content (AvgIpc) is 2.78. The third-order valence-corrected chi connectivity index (χ3v) is 3.12. The molecule has 0 aromatic carbocycles. The largest absolute Gasteiger partial charge is 0.385 e. The maximum atomic E-state index is 9.35. The summed E-state index contributed by atoms with van der Waals surface area (Å²) in [5, 5.41) is 16.2. The van der Waals surface area contributed by atoms with Gasteiger partial charge in [-0.1, -0.05) is 0 Å². The van der Waals surface area contributed by atoms with Gasteiger partial charge in [0.1, 0.15) is 6.10 Å². The quantitative estimate of drug-likeness (QED) is 0.675. The maximum absolute atomic E-state index is 9.35. The van der Waals surface area contributed by atoms with Gasteiger partial charge in [-0.25, -0.2) is 0 Å². The lowest BCUT2D eigenvalue weighted by Gasteiger charge is -2.30. The summed E-state index contributed by atoms with van der Waals surface area (Å²) in [5.41, 5.74) is 5.64. The first-order valence-electron chi connectivity index (χ1n) is 5.76. The van der Waals surface area contributed by atoms with Crippen molar-refractivity contribution in [1.82, 2.24) is 15.2 Å². The molecule has 90 valence electrons. The minimum Gasteiger partial charge on any atom is -0.385 e. The lowest BCUT2D eigenvalue weighted by atomic mass is 9.97. The lowest BCUT2D eigenvalue weighted by molar-refractivity contribution is 0.189. The van der Waals surface area contributed by atoms with Crippen molar-refractivity contribution in [2.45, 2.75) is 25.9 Å². The highest BCUT2D eigenvalue weighted by molar-refractivity contribution is 5.29. The molecule has 0 unspecified atom stereocenters. The third-order valence-electron chi connectivity index (χ3n) is 3.12. The van der Waals surface area contributed by atoms with Crippen LogP contribution in [0, 0.1) is 5.92 Å². The van der Waals surface area contributed by atoms with Gasteiger partial charge in [-0.15, -0.1) is 5.10 Å². The van der Waals surface area contributed by atoms with Crippen molar-refractivity contribution in [3.8, 4) is 0 Å². The first-order chi connectivity index (χ1) is 7.70. The number of H-pyrrole nitrogens is 1. The molecule has 0 saturated carbocycles. The van der Waals surface area contributed by atoms with Gasteiger partial charge in [0.15, 0.2) is 5.82 Å². The monoisotopic (exact) mass is 225 g/mol. The van der Waals surface area contributed by atoms with Gasteiger partial charge >= 0.3 is 0 Å². The summed E-state index contributed by atoms with van der Waals surface area (Å²) >= 11 is 0. The Morgan fingerprint density at radius 1 is 1.56 bits per heavy atom. The van der Waals surface area contributed by atoms with Crippen LogP contribution >= 0.6 is 0 Å². The van der Waals surface area contributed by atoms with E-state index >= 15 is 0 Å². The number of hydrogen-bond acceptors (Lipinski definition) is 5. The Balaban J connectivity index is 1.97. The number of aromatic amines is 1. The number of nitrogens with one attached hydrogen (secondary N) is 1. The molecule has 1 aromatic rings. The van der Waals surface area contributed by atoms with Crippen LogP contribution in [0.1, 0.15) is 31.7 Å². The standard InChI is InChI=1S/C10H19N5O/c1-7(16)9-12-10(14-13-9)15-4-2-8(6-11)3-5-15/h7-8,16H,2-6,11H2,1H3,(H,12,13,14)/t7-/m0/s1. The summed E-state index contributed by atoms with van der Waals surface area (Å²) in [7, 11) is 0. The molecule has 6 heteroatoms. The summed E-state index contributed by atoms with van der Waals surface area (Å²) in [6.07, 6.45) is 1.59. The zero-order valence-electron chi connectivity index (χ0n) is 9.56. The zero-order valence-corrected chi connectivity index (χ0v) is 9.56. The van der Waals surface area contributed by atoms with Crippen LogP contribution in [0.2, 0.25) is 0 Å². The van der Waals surface area contributed by atoms with Crippen molar-refractivity contribution in [1.29, 1.82) is 0 Å². The van der Waals surface area contributed by atoms with Crippen molar-refractivity contribution < 1.29 is 5.11 Å². The van der Waals surface area contributed by atoms with Crippen molar-refractivity contribution in [3.05, 3.63) is 5.82 Å². The molecular formula is C10H19N5O. The molecule has 2 heterocycles. The molecular weight excluding hydrogens is 206 g/mol. The first-order valence-corrected chi connectivity index (χ1v) is 5.76. The second-order valence-corrected chi connectivity index (χ2v) is 4.36. The van der Waals surface area contributed by atoms with E-state index in [1.807, 2.05) is 0 Å². The molecule has 4 N–H and O–H groups in total. The van der Waals surface area contributed by atoms with E-state index < -0.39 is 6.10 Å². The fourth-order valence-electron chi connectivity index (χ4n) is 1.96. The number of piperidine rings is 1. The highest BCUT2D eigenvalue weighted by atomic mass is 16.3. The summed E-state index contributed by atoms with van der Waals surface area (Å²) < 4.78 is 0. The van der Waals surface area contributed by atoms with Crippen molar-refractivity contribution in [2.24, 2.45) is 11.7 Å². The van der Waals surface area contributed by atoms with Gasteiger partial charge in [0, 0.05) is 13.1 Å². The molecule has 0 radical (unpaired) electrons. The zero-order chi connectivity index (χ0) is 11.5. The third kappa shape index (κ3) is 2.33. The first kappa shape index (κ1) is 11.3. The van der Waals surface area contributed by atoms with Gasteiger partial charge in [-0.05, 0) is 32.2 Å². The van der Waals surface area contributed by atoms with Crippen molar-refractivity contribution >= 4 is 5.95 Å². The second kappa shape index (κ2) is 4.80. The topological polar surface area (TPSA) is 91.1 Å². The molecule has 1 aliphatic rings. The Bertz CT molecular complexity index is 330. The summed E-state index contributed by atoms with van der Waals surface area (Å²) in [6, 6.07) is 0. The molecule has 1 saturated heterocycles. The number of anilines is 1. The summed E-state index contributed by atoms with van der Waals surface area (Å²) in [4.78, 5) is 6.40. The van der Waals surface area contributed by atoms with E-state index in [9.17, 15) is 5.11 Å². The van der Waals surface area contributed by atoms with E-state index in [2.05, 4.69) is 20.1 Å². The normalized spacial score (nSPS) is 20.1. The smallest absolute Gasteiger partial charge is 0.244 e. The average molecular weight is 225 g/mol. The number of hydrogen-bond donors (Lipinski definition) is 3. The van der Waals surface area contributed by atoms with Crippen molar-refractivity contribution in [3.63, 3.8) is 0 Å². The van der Waals surface area contributed by atoms with Gasteiger partial charge in [-0.3, -0.25) is 5.10 Å². The molecule has 0 amide bonds. The fourth-order valence-corrected chi connectivity index (χ4v) is 1.96. The van der Waals surface area contributed by atoms with Crippen LogP contribution in [-0.4, -0.2) is 39.9 Å². The predicted molar refractivity (Wildman–Crippen MR) is 61.0 cm³/mol. The Morgan fingerprint density at radius 3 is 2.75 bits per heavy atom. The second-order valence-electron chi connectivity index (χ2n) is 4.36. The number of aromatic nitrogens is 3. The molecule has 6 nitrogen and oxygen atoms in total. The minimum atomic E-state index is -0.595. The van der Waals surface area contributed by atoms with E-state index in [0.29, 0.717) is 17.7 Å². The van der Waals surface area contributed by atoms with E-state index in [1.54, 1.807) is 6.92 Å². The molecule has 1 aromatic heterocycles. The molecule has 2 rings (SSSR count). The molecule has 0 spiro atoms. The molecule has 16 heavy (non-hydrogen) atoms. The summed E-state index contributed by atoms with van der Waals surface area (Å²) in [5.74, 6) is 1.84. The molecule has 1 fully saturated rings. The molecule has 1 aliphatic heterocycles. The summed E-state index contributed by atoms with van der Waals surface area (Å²) in [6.45, 7) is 4.32. The maximum Gasteiger partial charge on any atom is 0.244 e. The highest BCUT2D eigenvalue weighted by Gasteiger charge is 2.21.